The summed E-state index contributed by atoms with van der Waals surface area (Å²) in [5.41, 5.74) is 0.470. The number of benzene rings is 1. The highest BCUT2D eigenvalue weighted by molar-refractivity contribution is 7.90. The topological polar surface area (TPSA) is 128 Å². The van der Waals surface area contributed by atoms with Crippen molar-refractivity contribution in [3.63, 3.8) is 0 Å². The highest BCUT2D eigenvalue weighted by Gasteiger charge is 2.18. The number of carboxylic acids is 1. The molecule has 0 saturated heterocycles. The van der Waals surface area contributed by atoms with E-state index in [4.69, 9.17) is 5.11 Å². The molecule has 132 valence electrons. The van der Waals surface area contributed by atoms with Gasteiger partial charge in [-0.25, -0.2) is 13.1 Å². The average Bonchev–Trinajstić information content (AvgIpc) is 2.54. The van der Waals surface area contributed by atoms with E-state index in [0.29, 0.717) is 18.8 Å². The molecule has 0 unspecified atom stereocenters. The van der Waals surface area contributed by atoms with Gasteiger partial charge in [0.1, 0.15) is 0 Å². The number of aliphatic carboxylic acids is 1. The van der Waals surface area contributed by atoms with Crippen molar-refractivity contribution in [1.82, 2.24) is 9.73 Å². The first-order chi connectivity index (χ1) is 11.3. The van der Waals surface area contributed by atoms with Crippen molar-refractivity contribution >= 4 is 27.6 Å². The van der Waals surface area contributed by atoms with Gasteiger partial charge in [0.05, 0.1) is 17.0 Å². The van der Waals surface area contributed by atoms with E-state index in [1.807, 2.05) is 18.6 Å². The van der Waals surface area contributed by atoms with Gasteiger partial charge in [-0.3, -0.25) is 14.6 Å². The van der Waals surface area contributed by atoms with E-state index >= 15 is 0 Å². The quantitative estimate of drug-likeness (QED) is 0.512. The standard InChI is InChI=1S/C14H20N4O5S/c1-3-18(4-2)17-15-11-5-7-12(8-6-11)24(22,23)16-13(19)9-10-14(20)21/h5-8H,3-4,9-10H2,1-2H3,(H,16,19)(H,20,21). The van der Waals surface area contributed by atoms with E-state index in [-0.39, 0.29) is 4.90 Å². The lowest BCUT2D eigenvalue weighted by Crippen LogP contribution is -2.30. The third-order valence-electron chi connectivity index (χ3n) is 2.98. The first-order valence-electron chi connectivity index (χ1n) is 7.32. The number of hydrogen-bond donors (Lipinski definition) is 2. The van der Waals surface area contributed by atoms with Gasteiger partial charge in [-0.05, 0) is 38.1 Å². The first-order valence-corrected chi connectivity index (χ1v) is 8.81. The highest BCUT2D eigenvalue weighted by atomic mass is 32.2. The van der Waals surface area contributed by atoms with Crippen LogP contribution in [-0.4, -0.2) is 43.5 Å². The van der Waals surface area contributed by atoms with Crippen LogP contribution in [0.1, 0.15) is 26.7 Å². The number of sulfonamides is 1. The second kappa shape index (κ2) is 8.96. The van der Waals surface area contributed by atoms with E-state index in [0.717, 1.165) is 0 Å². The van der Waals surface area contributed by atoms with Crippen molar-refractivity contribution in [1.29, 1.82) is 0 Å². The molecule has 0 spiro atoms. The van der Waals surface area contributed by atoms with Crippen LogP contribution >= 0.6 is 0 Å². The van der Waals surface area contributed by atoms with E-state index in [9.17, 15) is 18.0 Å². The normalized spacial score (nSPS) is 11.4. The SMILES string of the molecule is CCN(CC)N=Nc1ccc(S(=O)(=O)NC(=O)CCC(=O)O)cc1. The van der Waals surface area contributed by atoms with Crippen LogP contribution in [0.2, 0.25) is 0 Å². The number of carboxylic acid groups (broad SMARTS) is 1. The molecule has 1 rings (SSSR count). The largest absolute Gasteiger partial charge is 0.481 e. The van der Waals surface area contributed by atoms with Crippen LogP contribution in [0, 0.1) is 0 Å². The summed E-state index contributed by atoms with van der Waals surface area (Å²) in [7, 11) is -4.04. The Kier molecular flexibility index (Phi) is 7.31. The zero-order valence-electron chi connectivity index (χ0n) is 13.5. The molecule has 1 amide bonds. The van der Waals surface area contributed by atoms with Gasteiger partial charge in [-0.15, -0.1) is 5.11 Å². The zero-order valence-corrected chi connectivity index (χ0v) is 14.3. The summed E-state index contributed by atoms with van der Waals surface area (Å²) in [5.74, 6) is -2.05. The molecule has 0 aromatic heterocycles. The predicted octanol–water partition coefficient (Wildman–Crippen LogP) is 1.70. The van der Waals surface area contributed by atoms with Crippen molar-refractivity contribution in [3.8, 4) is 0 Å². The Morgan fingerprint density at radius 2 is 1.71 bits per heavy atom. The summed E-state index contributed by atoms with van der Waals surface area (Å²) in [6, 6.07) is 5.51. The van der Waals surface area contributed by atoms with Gasteiger partial charge in [0, 0.05) is 19.5 Å². The van der Waals surface area contributed by atoms with Crippen LogP contribution < -0.4 is 4.72 Å². The van der Waals surface area contributed by atoms with E-state index in [1.165, 1.54) is 24.3 Å². The third-order valence-corrected chi connectivity index (χ3v) is 4.37. The van der Waals surface area contributed by atoms with Crippen molar-refractivity contribution in [2.24, 2.45) is 10.3 Å². The molecule has 10 heteroatoms. The second-order valence-electron chi connectivity index (χ2n) is 4.74. The van der Waals surface area contributed by atoms with Crippen LogP contribution in [0.5, 0.6) is 0 Å². The minimum Gasteiger partial charge on any atom is -0.481 e. The molecule has 0 aliphatic rings. The Bertz CT molecular complexity index is 696. The van der Waals surface area contributed by atoms with Crippen molar-refractivity contribution < 1.29 is 23.1 Å². The van der Waals surface area contributed by atoms with Crippen LogP contribution in [-0.2, 0) is 19.6 Å². The maximum Gasteiger partial charge on any atom is 0.303 e. The molecular weight excluding hydrogens is 336 g/mol. The molecule has 24 heavy (non-hydrogen) atoms. The number of nitrogens with zero attached hydrogens (tertiary/aromatic N) is 3. The monoisotopic (exact) mass is 356 g/mol. The number of rotatable bonds is 9. The predicted molar refractivity (Wildman–Crippen MR) is 86.1 cm³/mol. The molecule has 0 fully saturated rings. The molecule has 0 atom stereocenters. The molecule has 0 bridgehead atoms. The molecule has 2 N–H and O–H groups in total. The number of carbonyl (C=O) groups excluding carboxylic acids is 1. The Hall–Kier alpha value is -2.49. The molecule has 0 saturated carbocycles. The van der Waals surface area contributed by atoms with Crippen molar-refractivity contribution in [2.75, 3.05) is 13.1 Å². The number of hydrogen-bond acceptors (Lipinski definition) is 6. The summed E-state index contributed by atoms with van der Waals surface area (Å²) in [6.45, 7) is 5.28. The Balaban J connectivity index is 2.76. The number of carbonyl (C=O) groups is 2. The first kappa shape index (κ1) is 19.6. The summed E-state index contributed by atoms with van der Waals surface area (Å²) < 4.78 is 25.9. The summed E-state index contributed by atoms with van der Waals surface area (Å²) in [4.78, 5) is 21.7. The molecule has 9 nitrogen and oxygen atoms in total. The van der Waals surface area contributed by atoms with Crippen LogP contribution in [0.25, 0.3) is 0 Å². The van der Waals surface area contributed by atoms with Gasteiger partial charge in [-0.1, -0.05) is 5.22 Å². The minimum absolute atomic E-state index is 0.118. The smallest absolute Gasteiger partial charge is 0.303 e. The second-order valence-corrected chi connectivity index (χ2v) is 6.43. The highest BCUT2D eigenvalue weighted by Crippen LogP contribution is 2.17. The van der Waals surface area contributed by atoms with Gasteiger partial charge >= 0.3 is 5.97 Å². The fraction of sp³-hybridized carbons (Fsp3) is 0.429. The van der Waals surface area contributed by atoms with Crippen LogP contribution in [0.4, 0.5) is 5.69 Å². The Labute approximate surface area is 140 Å². The average molecular weight is 356 g/mol. The number of nitrogens with one attached hydrogen (secondary N) is 1. The molecule has 1 aromatic rings. The lowest BCUT2D eigenvalue weighted by Gasteiger charge is -2.11. The third kappa shape index (κ3) is 6.32. The van der Waals surface area contributed by atoms with Gasteiger partial charge in [0.2, 0.25) is 5.91 Å². The van der Waals surface area contributed by atoms with Gasteiger partial charge in [0.15, 0.2) is 0 Å². The summed E-state index contributed by atoms with van der Waals surface area (Å²) in [6.07, 6.45) is -0.850. The zero-order chi connectivity index (χ0) is 18.2. The van der Waals surface area contributed by atoms with E-state index in [1.54, 1.807) is 5.01 Å². The van der Waals surface area contributed by atoms with Crippen molar-refractivity contribution in [2.45, 2.75) is 31.6 Å². The summed E-state index contributed by atoms with van der Waals surface area (Å²) in [5, 5.41) is 18.2. The summed E-state index contributed by atoms with van der Waals surface area (Å²) >= 11 is 0. The molecule has 0 aliphatic heterocycles. The van der Waals surface area contributed by atoms with Gasteiger partial charge in [0.25, 0.3) is 10.0 Å². The fourth-order valence-corrected chi connectivity index (χ4v) is 2.65. The Morgan fingerprint density at radius 1 is 1.12 bits per heavy atom. The lowest BCUT2D eigenvalue weighted by molar-refractivity contribution is -0.138. The van der Waals surface area contributed by atoms with E-state index < -0.39 is 34.7 Å². The Morgan fingerprint density at radius 3 is 2.21 bits per heavy atom. The molecule has 0 radical (unpaired) electrons. The van der Waals surface area contributed by atoms with Crippen molar-refractivity contribution in [3.05, 3.63) is 24.3 Å². The fourth-order valence-electron chi connectivity index (χ4n) is 1.64. The van der Waals surface area contributed by atoms with E-state index in [2.05, 4.69) is 10.3 Å². The lowest BCUT2D eigenvalue weighted by atomic mass is 10.3. The number of amides is 1. The molecule has 0 aliphatic carbocycles. The maximum atomic E-state index is 12.0. The maximum absolute atomic E-state index is 12.0. The molecule has 1 aromatic carbocycles. The minimum atomic E-state index is -4.04. The molecule has 0 heterocycles. The van der Waals surface area contributed by atoms with Gasteiger partial charge < -0.3 is 5.11 Å². The van der Waals surface area contributed by atoms with Crippen LogP contribution in [0.3, 0.4) is 0 Å². The van der Waals surface area contributed by atoms with Crippen LogP contribution in [0.15, 0.2) is 39.5 Å². The molecular formula is C14H20N4O5S. The van der Waals surface area contributed by atoms with Gasteiger partial charge in [-0.2, -0.15) is 0 Å².